The van der Waals surface area contributed by atoms with Crippen molar-refractivity contribution in [3.8, 4) is 11.5 Å². The van der Waals surface area contributed by atoms with E-state index in [-0.39, 0.29) is 34.4 Å². The summed E-state index contributed by atoms with van der Waals surface area (Å²) in [6.07, 6.45) is -0.269. The van der Waals surface area contributed by atoms with Crippen LogP contribution in [0.15, 0.2) is 36.4 Å². The molecule has 0 saturated carbocycles. The summed E-state index contributed by atoms with van der Waals surface area (Å²) < 4.78 is 15.3. The number of hydrogen-bond acceptors (Lipinski definition) is 7. The SMILES string of the molecule is COc1cc(C(=O)OC(C)C)ccc1NC(=O)c1ccc([N+](=O)[O-])c(OC)c1. The van der Waals surface area contributed by atoms with Gasteiger partial charge in [-0.2, -0.15) is 0 Å². The van der Waals surface area contributed by atoms with Crippen molar-refractivity contribution in [3.05, 3.63) is 57.6 Å². The van der Waals surface area contributed by atoms with E-state index in [9.17, 15) is 19.7 Å². The normalized spacial score (nSPS) is 10.3. The highest BCUT2D eigenvalue weighted by Crippen LogP contribution is 2.30. The maximum atomic E-state index is 12.5. The number of nitrogens with one attached hydrogen (secondary N) is 1. The maximum absolute atomic E-state index is 12.5. The van der Waals surface area contributed by atoms with E-state index in [1.807, 2.05) is 0 Å². The number of ether oxygens (including phenoxy) is 3. The molecule has 0 aliphatic rings. The number of benzene rings is 2. The first kappa shape index (κ1) is 20.7. The van der Waals surface area contributed by atoms with Gasteiger partial charge >= 0.3 is 11.7 Å². The summed E-state index contributed by atoms with van der Waals surface area (Å²) in [4.78, 5) is 34.9. The molecule has 0 aliphatic heterocycles. The van der Waals surface area contributed by atoms with E-state index in [4.69, 9.17) is 14.2 Å². The molecule has 0 heterocycles. The molecular formula is C19H20N2O7. The lowest BCUT2D eigenvalue weighted by molar-refractivity contribution is -0.385. The van der Waals surface area contributed by atoms with Gasteiger partial charge in [0.25, 0.3) is 5.91 Å². The molecule has 148 valence electrons. The van der Waals surface area contributed by atoms with Crippen LogP contribution in [-0.4, -0.2) is 37.1 Å². The largest absolute Gasteiger partial charge is 0.495 e. The van der Waals surface area contributed by atoms with E-state index in [0.717, 1.165) is 0 Å². The number of esters is 1. The van der Waals surface area contributed by atoms with Crippen LogP contribution in [-0.2, 0) is 4.74 Å². The summed E-state index contributed by atoms with van der Waals surface area (Å²) in [5.41, 5.74) is 0.518. The van der Waals surface area contributed by atoms with E-state index < -0.39 is 16.8 Å². The van der Waals surface area contributed by atoms with Gasteiger partial charge in [0.2, 0.25) is 0 Å². The number of rotatable bonds is 7. The minimum absolute atomic E-state index is 0.0311. The molecule has 0 aliphatic carbocycles. The minimum atomic E-state index is -0.599. The zero-order valence-corrected chi connectivity index (χ0v) is 15.8. The Balaban J connectivity index is 2.26. The Kier molecular flexibility index (Phi) is 6.54. The van der Waals surface area contributed by atoms with Gasteiger partial charge in [0.15, 0.2) is 5.75 Å². The predicted octanol–water partition coefficient (Wildman–Crippen LogP) is 3.43. The van der Waals surface area contributed by atoms with Gasteiger partial charge in [0.05, 0.1) is 36.5 Å². The smallest absolute Gasteiger partial charge is 0.338 e. The molecule has 2 aromatic rings. The second-order valence-corrected chi connectivity index (χ2v) is 5.97. The van der Waals surface area contributed by atoms with E-state index in [1.54, 1.807) is 13.8 Å². The van der Waals surface area contributed by atoms with Gasteiger partial charge < -0.3 is 19.5 Å². The van der Waals surface area contributed by atoms with Crippen molar-refractivity contribution in [2.45, 2.75) is 20.0 Å². The fraction of sp³-hybridized carbons (Fsp3) is 0.263. The number of carbonyl (C=O) groups is 2. The highest BCUT2D eigenvalue weighted by Gasteiger charge is 2.19. The number of amides is 1. The van der Waals surface area contributed by atoms with Gasteiger partial charge in [-0.15, -0.1) is 0 Å². The molecular weight excluding hydrogens is 368 g/mol. The second-order valence-electron chi connectivity index (χ2n) is 5.97. The Hall–Kier alpha value is -3.62. The van der Waals surface area contributed by atoms with Gasteiger partial charge in [-0.25, -0.2) is 4.79 Å². The Bertz CT molecular complexity index is 909. The summed E-state index contributed by atoms with van der Waals surface area (Å²) in [6, 6.07) is 8.24. The molecule has 0 aromatic heterocycles. The van der Waals surface area contributed by atoms with Crippen molar-refractivity contribution < 1.29 is 28.7 Å². The summed E-state index contributed by atoms with van der Waals surface area (Å²) >= 11 is 0. The van der Waals surface area contributed by atoms with Crippen LogP contribution >= 0.6 is 0 Å². The van der Waals surface area contributed by atoms with Crippen molar-refractivity contribution in [1.82, 2.24) is 0 Å². The summed E-state index contributed by atoms with van der Waals surface area (Å²) in [5.74, 6) is -0.799. The van der Waals surface area contributed by atoms with Gasteiger partial charge in [-0.05, 0) is 38.1 Å². The van der Waals surface area contributed by atoms with Gasteiger partial charge in [-0.3, -0.25) is 14.9 Å². The quantitative estimate of drug-likeness (QED) is 0.439. The highest BCUT2D eigenvalue weighted by molar-refractivity contribution is 6.06. The third-order valence-corrected chi connectivity index (χ3v) is 3.67. The zero-order chi connectivity index (χ0) is 20.8. The second kappa shape index (κ2) is 8.85. The van der Waals surface area contributed by atoms with E-state index in [0.29, 0.717) is 5.69 Å². The summed E-state index contributed by atoms with van der Waals surface area (Å²) in [7, 11) is 2.68. The molecule has 0 saturated heterocycles. The fourth-order valence-corrected chi connectivity index (χ4v) is 2.37. The molecule has 2 aromatic carbocycles. The average Bonchev–Trinajstić information content (AvgIpc) is 2.66. The first-order valence-electron chi connectivity index (χ1n) is 8.29. The van der Waals surface area contributed by atoms with Crippen molar-refractivity contribution in [2.24, 2.45) is 0 Å². The monoisotopic (exact) mass is 388 g/mol. The standard InChI is InChI=1S/C19H20N2O7/c1-11(2)28-19(23)13-5-7-14(16(10-13)26-3)20-18(22)12-6-8-15(21(24)25)17(9-12)27-4/h5-11H,1-4H3,(H,20,22). The number of anilines is 1. The molecule has 1 N–H and O–H groups in total. The van der Waals surface area contributed by atoms with Crippen LogP contribution in [0.2, 0.25) is 0 Å². The first-order valence-corrected chi connectivity index (χ1v) is 8.29. The molecule has 9 nitrogen and oxygen atoms in total. The van der Waals surface area contributed by atoms with Crippen LogP contribution in [0.1, 0.15) is 34.6 Å². The molecule has 0 atom stereocenters. The van der Waals surface area contributed by atoms with E-state index in [2.05, 4.69) is 5.32 Å². The highest BCUT2D eigenvalue weighted by atomic mass is 16.6. The molecule has 0 spiro atoms. The van der Waals surface area contributed by atoms with Crippen LogP contribution in [0, 0.1) is 10.1 Å². The van der Waals surface area contributed by atoms with Crippen molar-refractivity contribution in [2.75, 3.05) is 19.5 Å². The Morgan fingerprint density at radius 2 is 1.61 bits per heavy atom. The number of hydrogen-bond donors (Lipinski definition) is 1. The minimum Gasteiger partial charge on any atom is -0.495 e. The van der Waals surface area contributed by atoms with Gasteiger partial charge in [-0.1, -0.05) is 0 Å². The van der Waals surface area contributed by atoms with Gasteiger partial charge in [0.1, 0.15) is 5.75 Å². The lowest BCUT2D eigenvalue weighted by atomic mass is 10.1. The Labute approximate surface area is 161 Å². The molecule has 9 heteroatoms. The van der Waals surface area contributed by atoms with Crippen molar-refractivity contribution in [3.63, 3.8) is 0 Å². The van der Waals surface area contributed by atoms with Crippen LogP contribution in [0.3, 0.4) is 0 Å². The molecule has 28 heavy (non-hydrogen) atoms. The average molecular weight is 388 g/mol. The lowest BCUT2D eigenvalue weighted by Gasteiger charge is -2.13. The topological polar surface area (TPSA) is 117 Å². The van der Waals surface area contributed by atoms with Crippen LogP contribution in [0.5, 0.6) is 11.5 Å². The van der Waals surface area contributed by atoms with Crippen molar-refractivity contribution in [1.29, 1.82) is 0 Å². The Morgan fingerprint density at radius 1 is 1.00 bits per heavy atom. The van der Waals surface area contributed by atoms with E-state index >= 15 is 0 Å². The third kappa shape index (κ3) is 4.76. The van der Waals surface area contributed by atoms with Crippen LogP contribution in [0.25, 0.3) is 0 Å². The predicted molar refractivity (Wildman–Crippen MR) is 101 cm³/mol. The number of nitro groups is 1. The number of carbonyl (C=O) groups excluding carboxylic acids is 2. The first-order chi connectivity index (χ1) is 13.3. The summed E-state index contributed by atoms with van der Waals surface area (Å²) in [6.45, 7) is 3.48. The molecule has 0 unspecified atom stereocenters. The molecule has 0 fully saturated rings. The molecule has 2 rings (SSSR count). The number of nitro benzene ring substituents is 1. The lowest BCUT2D eigenvalue weighted by Crippen LogP contribution is -2.14. The van der Waals surface area contributed by atoms with E-state index in [1.165, 1.54) is 50.6 Å². The molecule has 1 amide bonds. The van der Waals surface area contributed by atoms with Crippen LogP contribution < -0.4 is 14.8 Å². The number of methoxy groups -OCH3 is 2. The maximum Gasteiger partial charge on any atom is 0.338 e. The van der Waals surface area contributed by atoms with Crippen molar-refractivity contribution >= 4 is 23.3 Å². The zero-order valence-electron chi connectivity index (χ0n) is 15.8. The third-order valence-electron chi connectivity index (χ3n) is 3.67. The van der Waals surface area contributed by atoms with Crippen LogP contribution in [0.4, 0.5) is 11.4 Å². The van der Waals surface area contributed by atoms with Gasteiger partial charge in [0, 0.05) is 17.7 Å². The number of nitrogens with zero attached hydrogens (tertiary/aromatic N) is 1. The Morgan fingerprint density at radius 3 is 2.18 bits per heavy atom. The molecule has 0 radical (unpaired) electrons. The molecule has 0 bridgehead atoms. The summed E-state index contributed by atoms with van der Waals surface area (Å²) in [5, 5.41) is 13.6. The fourth-order valence-electron chi connectivity index (χ4n) is 2.37.